The number of ether oxygens (including phenoxy) is 1. The monoisotopic (exact) mass is 431 g/mol. The lowest BCUT2D eigenvalue weighted by atomic mass is 9.97. The molecule has 1 fully saturated rings. The van der Waals surface area contributed by atoms with Gasteiger partial charge in [0.15, 0.2) is 5.82 Å². The Hall–Kier alpha value is -3.94. The number of rotatable bonds is 6. The first-order valence-electron chi connectivity index (χ1n) is 10.5. The maximum atomic E-state index is 12.8. The number of carbonyl (C=O) groups is 2. The second-order valence-corrected chi connectivity index (χ2v) is 7.72. The Labute approximate surface area is 186 Å². The summed E-state index contributed by atoms with van der Waals surface area (Å²) >= 11 is 0. The molecule has 0 bridgehead atoms. The van der Waals surface area contributed by atoms with Crippen LogP contribution in [-0.2, 0) is 4.79 Å². The van der Waals surface area contributed by atoms with Crippen molar-refractivity contribution in [1.29, 1.82) is 0 Å². The van der Waals surface area contributed by atoms with Gasteiger partial charge in [0.1, 0.15) is 5.75 Å². The number of hydrogen-bond acceptors (Lipinski definition) is 6. The number of piperidine rings is 1. The van der Waals surface area contributed by atoms with E-state index in [0.29, 0.717) is 17.8 Å². The van der Waals surface area contributed by atoms with Crippen LogP contribution in [0.1, 0.15) is 23.2 Å². The number of primary amides is 1. The topological polar surface area (TPSA) is 110 Å². The minimum atomic E-state index is -0.495. The van der Waals surface area contributed by atoms with E-state index in [9.17, 15) is 9.59 Å². The zero-order valence-electron chi connectivity index (χ0n) is 17.8. The second kappa shape index (κ2) is 9.47. The Balaban J connectivity index is 1.39. The molecule has 164 valence electrons. The molecule has 2 aromatic carbocycles. The number of amides is 2. The number of anilines is 2. The van der Waals surface area contributed by atoms with Crippen LogP contribution in [0.25, 0.3) is 11.3 Å². The highest BCUT2D eigenvalue weighted by Gasteiger charge is 2.27. The van der Waals surface area contributed by atoms with Gasteiger partial charge < -0.3 is 20.7 Å². The molecule has 0 radical (unpaired) electrons. The molecule has 8 nitrogen and oxygen atoms in total. The lowest BCUT2D eigenvalue weighted by Crippen LogP contribution is -2.41. The molecular formula is C24H25N5O3. The van der Waals surface area contributed by atoms with E-state index >= 15 is 0 Å². The first-order valence-corrected chi connectivity index (χ1v) is 10.5. The predicted molar refractivity (Wildman–Crippen MR) is 123 cm³/mol. The fraction of sp³-hybridized carbons (Fsp3) is 0.250. The maximum Gasteiger partial charge on any atom is 0.248 e. The molecule has 3 aromatic rings. The first-order chi connectivity index (χ1) is 15.5. The number of benzene rings is 2. The molecule has 1 aliphatic rings. The summed E-state index contributed by atoms with van der Waals surface area (Å²) in [5.74, 6) is 0.835. The van der Waals surface area contributed by atoms with E-state index < -0.39 is 5.91 Å². The van der Waals surface area contributed by atoms with Crippen LogP contribution in [0.15, 0.2) is 60.7 Å². The first kappa shape index (κ1) is 21.3. The number of nitrogens with one attached hydrogen (secondary N) is 1. The molecule has 4 rings (SSSR count). The zero-order valence-corrected chi connectivity index (χ0v) is 17.8. The van der Waals surface area contributed by atoms with Gasteiger partial charge in [-0.25, -0.2) is 0 Å². The van der Waals surface area contributed by atoms with Gasteiger partial charge in [-0.3, -0.25) is 9.59 Å². The van der Waals surface area contributed by atoms with Crippen molar-refractivity contribution < 1.29 is 14.3 Å². The lowest BCUT2D eigenvalue weighted by molar-refractivity contribution is -0.120. The van der Waals surface area contributed by atoms with Gasteiger partial charge in [-0.1, -0.05) is 0 Å². The molecule has 0 spiro atoms. The smallest absolute Gasteiger partial charge is 0.248 e. The van der Waals surface area contributed by atoms with Gasteiger partial charge in [-0.15, -0.1) is 10.2 Å². The average Bonchev–Trinajstić information content (AvgIpc) is 2.84. The molecule has 1 atom stereocenters. The molecular weight excluding hydrogens is 406 g/mol. The average molecular weight is 431 g/mol. The third-order valence-electron chi connectivity index (χ3n) is 5.59. The van der Waals surface area contributed by atoms with Crippen LogP contribution in [0.3, 0.4) is 0 Å². The fourth-order valence-corrected chi connectivity index (χ4v) is 3.77. The molecule has 1 saturated heterocycles. The van der Waals surface area contributed by atoms with E-state index in [0.717, 1.165) is 42.2 Å². The summed E-state index contributed by atoms with van der Waals surface area (Å²) in [5.41, 5.74) is 8.05. The number of aromatic nitrogens is 2. The van der Waals surface area contributed by atoms with Crippen molar-refractivity contribution in [2.75, 3.05) is 30.4 Å². The molecule has 32 heavy (non-hydrogen) atoms. The van der Waals surface area contributed by atoms with E-state index in [1.54, 1.807) is 31.4 Å². The van der Waals surface area contributed by atoms with Gasteiger partial charge in [0.05, 0.1) is 18.7 Å². The number of nitrogens with zero attached hydrogens (tertiary/aromatic N) is 3. The number of carbonyl (C=O) groups excluding carboxylic acids is 2. The quantitative estimate of drug-likeness (QED) is 0.621. The second-order valence-electron chi connectivity index (χ2n) is 7.72. The molecule has 0 aliphatic carbocycles. The van der Waals surface area contributed by atoms with E-state index in [2.05, 4.69) is 20.4 Å². The number of nitrogens with two attached hydrogens (primary N) is 1. The molecule has 2 heterocycles. The van der Waals surface area contributed by atoms with Crippen molar-refractivity contribution in [2.45, 2.75) is 12.8 Å². The SMILES string of the molecule is COc1ccc(-c2ccc(N3CCC[C@H](C(=O)Nc4ccc(C(N)=O)cc4)C3)nn2)cc1. The Morgan fingerprint density at radius 3 is 2.41 bits per heavy atom. The molecule has 3 N–H and O–H groups in total. The van der Waals surface area contributed by atoms with E-state index in [-0.39, 0.29) is 11.8 Å². The largest absolute Gasteiger partial charge is 0.497 e. The normalized spacial score (nSPS) is 15.8. The van der Waals surface area contributed by atoms with E-state index in [4.69, 9.17) is 10.5 Å². The van der Waals surface area contributed by atoms with Gasteiger partial charge >= 0.3 is 0 Å². The van der Waals surface area contributed by atoms with E-state index in [1.807, 2.05) is 36.4 Å². The van der Waals surface area contributed by atoms with E-state index in [1.165, 1.54) is 0 Å². The summed E-state index contributed by atoms with van der Waals surface area (Å²) in [7, 11) is 1.63. The van der Waals surface area contributed by atoms with Crippen LogP contribution in [0, 0.1) is 5.92 Å². The van der Waals surface area contributed by atoms with Crippen LogP contribution in [0.2, 0.25) is 0 Å². The number of hydrogen-bond donors (Lipinski definition) is 2. The minimum absolute atomic E-state index is 0.0515. The van der Waals surface area contributed by atoms with Crippen LogP contribution in [0.5, 0.6) is 5.75 Å². The summed E-state index contributed by atoms with van der Waals surface area (Å²) in [4.78, 5) is 26.1. The van der Waals surface area contributed by atoms with Gasteiger partial charge in [0.25, 0.3) is 0 Å². The van der Waals surface area contributed by atoms with Crippen LogP contribution >= 0.6 is 0 Å². The van der Waals surface area contributed by atoms with Gasteiger partial charge in [-0.05, 0) is 73.5 Å². The summed E-state index contributed by atoms with van der Waals surface area (Å²) in [5, 5.41) is 11.7. The van der Waals surface area contributed by atoms with Gasteiger partial charge in [0, 0.05) is 29.9 Å². The maximum absolute atomic E-state index is 12.8. The highest BCUT2D eigenvalue weighted by Crippen LogP contribution is 2.25. The highest BCUT2D eigenvalue weighted by atomic mass is 16.5. The zero-order chi connectivity index (χ0) is 22.5. The fourth-order valence-electron chi connectivity index (χ4n) is 3.77. The molecule has 1 aromatic heterocycles. The lowest BCUT2D eigenvalue weighted by Gasteiger charge is -2.32. The summed E-state index contributed by atoms with van der Waals surface area (Å²) < 4.78 is 5.19. The van der Waals surface area contributed by atoms with Crippen molar-refractivity contribution in [3.63, 3.8) is 0 Å². The minimum Gasteiger partial charge on any atom is -0.497 e. The third-order valence-corrected chi connectivity index (χ3v) is 5.59. The Kier molecular flexibility index (Phi) is 6.30. The Bertz CT molecular complexity index is 1080. The van der Waals surface area contributed by atoms with Crippen molar-refractivity contribution in [1.82, 2.24) is 10.2 Å². The molecule has 0 saturated carbocycles. The van der Waals surface area contributed by atoms with Crippen LogP contribution < -0.4 is 20.7 Å². The number of methoxy groups -OCH3 is 1. The Morgan fingerprint density at radius 1 is 1.03 bits per heavy atom. The van der Waals surface area contributed by atoms with Gasteiger partial charge in [0.2, 0.25) is 11.8 Å². The van der Waals surface area contributed by atoms with Crippen molar-refractivity contribution >= 4 is 23.3 Å². The van der Waals surface area contributed by atoms with Crippen LogP contribution in [0.4, 0.5) is 11.5 Å². The Morgan fingerprint density at radius 2 is 1.78 bits per heavy atom. The molecule has 2 amide bonds. The van der Waals surface area contributed by atoms with Crippen LogP contribution in [-0.4, -0.2) is 42.2 Å². The molecule has 0 unspecified atom stereocenters. The summed E-state index contributed by atoms with van der Waals surface area (Å²) in [6, 6.07) is 18.1. The third kappa shape index (κ3) is 4.85. The summed E-state index contributed by atoms with van der Waals surface area (Å²) in [6.45, 7) is 1.40. The standard InChI is InChI=1S/C24H25N5O3/c1-32-20-10-6-16(7-11-20)21-12-13-22(28-27-21)29-14-2-3-18(15-29)24(31)26-19-8-4-17(5-9-19)23(25)30/h4-13,18H,2-3,14-15H2,1H3,(H2,25,30)(H,26,31)/t18-/m0/s1. The van der Waals surface area contributed by atoms with Gasteiger partial charge in [-0.2, -0.15) is 0 Å². The van der Waals surface area contributed by atoms with Crippen molar-refractivity contribution in [2.24, 2.45) is 11.7 Å². The van der Waals surface area contributed by atoms with Crippen molar-refractivity contribution in [3.8, 4) is 17.0 Å². The predicted octanol–water partition coefficient (Wildman–Crippen LogP) is 3.11. The molecule has 1 aliphatic heterocycles. The molecule has 8 heteroatoms. The highest BCUT2D eigenvalue weighted by molar-refractivity contribution is 5.95. The summed E-state index contributed by atoms with van der Waals surface area (Å²) in [6.07, 6.45) is 1.69. The van der Waals surface area contributed by atoms with Crippen molar-refractivity contribution in [3.05, 3.63) is 66.2 Å².